The zero-order valence-electron chi connectivity index (χ0n) is 12.2. The Kier molecular flexibility index (Phi) is 5.66. The summed E-state index contributed by atoms with van der Waals surface area (Å²) in [6, 6.07) is 10.1. The highest BCUT2D eigenvalue weighted by atomic mass is 16.2. The Morgan fingerprint density at radius 1 is 1.25 bits per heavy atom. The van der Waals surface area contributed by atoms with Crippen molar-refractivity contribution in [2.45, 2.75) is 39.0 Å². The van der Waals surface area contributed by atoms with Crippen LogP contribution in [0.25, 0.3) is 0 Å². The lowest BCUT2D eigenvalue weighted by molar-refractivity contribution is 0.244. The third kappa shape index (κ3) is 4.72. The van der Waals surface area contributed by atoms with E-state index in [1.54, 1.807) is 0 Å². The minimum absolute atomic E-state index is 0.113. The molecule has 0 aliphatic heterocycles. The van der Waals surface area contributed by atoms with Gasteiger partial charge in [-0.15, -0.1) is 0 Å². The first-order valence-electron chi connectivity index (χ1n) is 7.50. The van der Waals surface area contributed by atoms with Crippen molar-refractivity contribution in [2.75, 3.05) is 6.54 Å². The van der Waals surface area contributed by atoms with Crippen molar-refractivity contribution in [1.29, 1.82) is 0 Å². The van der Waals surface area contributed by atoms with E-state index in [1.165, 1.54) is 36.8 Å². The average Bonchev–Trinajstić information content (AvgIpc) is 3.00. The summed E-state index contributed by atoms with van der Waals surface area (Å²) in [5.41, 5.74) is 2.53. The van der Waals surface area contributed by atoms with Crippen molar-refractivity contribution in [3.05, 3.63) is 47.7 Å². The van der Waals surface area contributed by atoms with E-state index in [2.05, 4.69) is 29.7 Å². The molecule has 108 valence electrons. The second-order valence-electron chi connectivity index (χ2n) is 5.51. The smallest absolute Gasteiger partial charge is 0.318 e. The van der Waals surface area contributed by atoms with Crippen LogP contribution in [0.1, 0.15) is 38.2 Å². The summed E-state index contributed by atoms with van der Waals surface area (Å²) < 4.78 is 0. The fourth-order valence-corrected chi connectivity index (χ4v) is 2.69. The Balaban J connectivity index is 1.66. The molecule has 0 heterocycles. The van der Waals surface area contributed by atoms with Crippen LogP contribution in [0, 0.1) is 5.92 Å². The van der Waals surface area contributed by atoms with Crippen molar-refractivity contribution in [1.82, 2.24) is 10.6 Å². The molecular formula is C17H24N2O. The summed E-state index contributed by atoms with van der Waals surface area (Å²) in [7, 11) is 0. The molecule has 3 nitrogen and oxygen atoms in total. The van der Waals surface area contributed by atoms with Crippen LogP contribution in [0.15, 0.2) is 42.1 Å². The van der Waals surface area contributed by atoms with Gasteiger partial charge < -0.3 is 10.6 Å². The molecule has 3 heteroatoms. The van der Waals surface area contributed by atoms with E-state index >= 15 is 0 Å². The number of rotatable bonds is 5. The van der Waals surface area contributed by atoms with Gasteiger partial charge in [-0.05, 0) is 37.7 Å². The molecule has 2 rings (SSSR count). The third-order valence-electron chi connectivity index (χ3n) is 3.97. The molecule has 0 spiro atoms. The maximum atomic E-state index is 11.7. The van der Waals surface area contributed by atoms with E-state index in [1.807, 2.05) is 24.4 Å². The fourth-order valence-electron chi connectivity index (χ4n) is 2.69. The zero-order chi connectivity index (χ0) is 14.2. The molecule has 2 N–H and O–H groups in total. The second kappa shape index (κ2) is 7.73. The van der Waals surface area contributed by atoms with Crippen LogP contribution in [0.5, 0.6) is 0 Å². The Bertz CT molecular complexity index is 447. The van der Waals surface area contributed by atoms with Crippen molar-refractivity contribution >= 4 is 6.03 Å². The van der Waals surface area contributed by atoms with Crippen LogP contribution in [0.3, 0.4) is 0 Å². The average molecular weight is 272 g/mol. The van der Waals surface area contributed by atoms with E-state index in [4.69, 9.17) is 0 Å². The van der Waals surface area contributed by atoms with Gasteiger partial charge in [-0.25, -0.2) is 4.79 Å². The monoisotopic (exact) mass is 272 g/mol. The standard InChI is InChI=1S/C17H24N2O/c1-14(16-9-5-6-10-16)13-19-17(20)18-12-11-15-7-3-2-4-8-15/h2-4,7-8,13,16H,5-6,9-12H2,1H3,(H2,18,19,20)/b14-13+. The summed E-state index contributed by atoms with van der Waals surface area (Å²) >= 11 is 0. The van der Waals surface area contributed by atoms with Crippen LogP contribution in [-0.2, 0) is 6.42 Å². The third-order valence-corrected chi connectivity index (χ3v) is 3.97. The normalized spacial score (nSPS) is 16.1. The lowest BCUT2D eigenvalue weighted by Crippen LogP contribution is -2.33. The number of carbonyl (C=O) groups is 1. The number of carbonyl (C=O) groups excluding carboxylic acids is 1. The summed E-state index contributed by atoms with van der Waals surface area (Å²) in [6.07, 6.45) is 7.89. The predicted octanol–water partition coefficient (Wildman–Crippen LogP) is 3.62. The number of allylic oxidation sites excluding steroid dienone is 1. The zero-order valence-corrected chi connectivity index (χ0v) is 12.2. The Morgan fingerprint density at radius 3 is 2.65 bits per heavy atom. The maximum Gasteiger partial charge on any atom is 0.318 e. The quantitative estimate of drug-likeness (QED) is 0.844. The molecule has 1 aromatic rings. The highest BCUT2D eigenvalue weighted by Gasteiger charge is 2.16. The molecular weight excluding hydrogens is 248 g/mol. The predicted molar refractivity (Wildman–Crippen MR) is 82.4 cm³/mol. The largest absolute Gasteiger partial charge is 0.338 e. The van der Waals surface area contributed by atoms with Gasteiger partial charge in [0.25, 0.3) is 0 Å². The van der Waals surface area contributed by atoms with Crippen molar-refractivity contribution in [3.63, 3.8) is 0 Å². The minimum atomic E-state index is -0.113. The lowest BCUT2D eigenvalue weighted by Gasteiger charge is -2.10. The fraction of sp³-hybridized carbons (Fsp3) is 0.471. The molecule has 1 aliphatic carbocycles. The van der Waals surface area contributed by atoms with Gasteiger partial charge in [-0.2, -0.15) is 0 Å². The summed E-state index contributed by atoms with van der Waals surface area (Å²) in [6.45, 7) is 2.77. The molecule has 20 heavy (non-hydrogen) atoms. The van der Waals surface area contributed by atoms with Gasteiger partial charge >= 0.3 is 6.03 Å². The molecule has 1 aromatic carbocycles. The SMILES string of the molecule is C/C(=C\NC(=O)NCCc1ccccc1)C1CCCC1. The van der Waals surface area contributed by atoms with Gasteiger partial charge in [0.1, 0.15) is 0 Å². The lowest BCUT2D eigenvalue weighted by atomic mass is 10.0. The van der Waals surface area contributed by atoms with Crippen LogP contribution < -0.4 is 10.6 Å². The number of hydrogen-bond donors (Lipinski definition) is 2. The van der Waals surface area contributed by atoms with E-state index in [0.717, 1.165) is 6.42 Å². The highest BCUT2D eigenvalue weighted by Crippen LogP contribution is 2.30. The molecule has 1 saturated carbocycles. The van der Waals surface area contributed by atoms with Crippen molar-refractivity contribution in [3.8, 4) is 0 Å². The number of amides is 2. The molecule has 0 bridgehead atoms. The number of nitrogens with one attached hydrogen (secondary N) is 2. The van der Waals surface area contributed by atoms with Crippen molar-refractivity contribution < 1.29 is 4.79 Å². The number of hydrogen-bond acceptors (Lipinski definition) is 1. The molecule has 1 fully saturated rings. The van der Waals surface area contributed by atoms with E-state index in [9.17, 15) is 4.79 Å². The Labute approximate surface area is 121 Å². The molecule has 0 aromatic heterocycles. The maximum absolute atomic E-state index is 11.7. The second-order valence-corrected chi connectivity index (χ2v) is 5.51. The van der Waals surface area contributed by atoms with Crippen molar-refractivity contribution in [2.24, 2.45) is 5.92 Å². The molecule has 0 radical (unpaired) electrons. The summed E-state index contributed by atoms with van der Waals surface area (Å²) in [5.74, 6) is 0.666. The minimum Gasteiger partial charge on any atom is -0.338 e. The number of urea groups is 1. The van der Waals surface area contributed by atoms with Gasteiger partial charge in [0.2, 0.25) is 0 Å². The summed E-state index contributed by atoms with van der Waals surface area (Å²) in [5, 5.41) is 5.72. The first-order valence-corrected chi connectivity index (χ1v) is 7.50. The topological polar surface area (TPSA) is 41.1 Å². The Hall–Kier alpha value is -1.77. The molecule has 0 saturated heterocycles. The number of benzene rings is 1. The van der Waals surface area contributed by atoms with Crippen LogP contribution >= 0.6 is 0 Å². The first kappa shape index (κ1) is 14.6. The van der Waals surface area contributed by atoms with Gasteiger partial charge in [0.05, 0.1) is 0 Å². The van der Waals surface area contributed by atoms with Crippen LogP contribution in [0.4, 0.5) is 4.79 Å². The molecule has 1 aliphatic rings. The molecule has 0 unspecified atom stereocenters. The van der Waals surface area contributed by atoms with E-state index < -0.39 is 0 Å². The molecule has 2 amide bonds. The first-order chi connectivity index (χ1) is 9.75. The van der Waals surface area contributed by atoms with Gasteiger partial charge in [-0.1, -0.05) is 48.7 Å². The molecule has 0 atom stereocenters. The van der Waals surface area contributed by atoms with Gasteiger partial charge in [0, 0.05) is 12.7 Å². The Morgan fingerprint density at radius 2 is 1.95 bits per heavy atom. The van der Waals surface area contributed by atoms with Crippen LogP contribution in [0.2, 0.25) is 0 Å². The van der Waals surface area contributed by atoms with Crippen LogP contribution in [-0.4, -0.2) is 12.6 Å². The van der Waals surface area contributed by atoms with Gasteiger partial charge in [0.15, 0.2) is 0 Å². The van der Waals surface area contributed by atoms with E-state index in [-0.39, 0.29) is 6.03 Å². The summed E-state index contributed by atoms with van der Waals surface area (Å²) in [4.78, 5) is 11.7. The van der Waals surface area contributed by atoms with E-state index in [0.29, 0.717) is 12.5 Å². The van der Waals surface area contributed by atoms with Gasteiger partial charge in [-0.3, -0.25) is 0 Å². The highest BCUT2D eigenvalue weighted by molar-refractivity contribution is 5.74.